The van der Waals surface area contributed by atoms with E-state index in [9.17, 15) is 18.8 Å². The molecule has 0 saturated heterocycles. The molecule has 1 N–H and O–H groups in total. The van der Waals surface area contributed by atoms with Gasteiger partial charge in [-0.3, -0.25) is 9.59 Å². The third-order valence-electron chi connectivity index (χ3n) is 4.05. The minimum Gasteiger partial charge on any atom is -0.448 e. The summed E-state index contributed by atoms with van der Waals surface area (Å²) in [4.78, 5) is 37.8. The maximum Gasteiger partial charge on any atom is 0.339 e. The second-order valence-corrected chi connectivity index (χ2v) is 6.00. The van der Waals surface area contributed by atoms with Crippen molar-refractivity contribution in [1.82, 2.24) is 4.90 Å². The smallest absolute Gasteiger partial charge is 0.339 e. The molecule has 2 aromatic rings. The van der Waals surface area contributed by atoms with Crippen LogP contribution in [0.25, 0.3) is 0 Å². The first-order valence-corrected chi connectivity index (χ1v) is 8.03. The van der Waals surface area contributed by atoms with E-state index in [-0.39, 0.29) is 13.0 Å². The van der Waals surface area contributed by atoms with Gasteiger partial charge in [-0.1, -0.05) is 18.2 Å². The standard InChI is InChI=1S/C19H17FN2O4/c1-22(11-17(23)21-14-8-6-13(20)7-9-14)18(24)16-10-12-4-2-3-5-15(12)19(25)26-16/h2-9,16H,10-11H2,1H3,(H,21,23)/t16-/m0/s1. The summed E-state index contributed by atoms with van der Waals surface area (Å²) in [6, 6.07) is 12.2. The highest BCUT2D eigenvalue weighted by atomic mass is 19.1. The van der Waals surface area contributed by atoms with Crippen LogP contribution in [0.5, 0.6) is 0 Å². The molecule has 1 atom stereocenters. The lowest BCUT2D eigenvalue weighted by molar-refractivity contribution is -0.141. The van der Waals surface area contributed by atoms with E-state index in [1.165, 1.54) is 36.2 Å². The molecule has 1 aliphatic heterocycles. The summed E-state index contributed by atoms with van der Waals surface area (Å²) in [6.07, 6.45) is -0.689. The number of rotatable bonds is 4. The van der Waals surface area contributed by atoms with Crippen LogP contribution in [0, 0.1) is 5.82 Å². The van der Waals surface area contributed by atoms with Gasteiger partial charge in [0.15, 0.2) is 6.10 Å². The zero-order valence-electron chi connectivity index (χ0n) is 14.1. The topological polar surface area (TPSA) is 75.7 Å². The van der Waals surface area contributed by atoms with Gasteiger partial charge >= 0.3 is 5.97 Å². The Kier molecular flexibility index (Phi) is 4.97. The number of halogens is 1. The molecule has 0 aromatic heterocycles. The lowest BCUT2D eigenvalue weighted by Gasteiger charge is -2.27. The molecule has 0 aliphatic carbocycles. The minimum absolute atomic E-state index is 0.216. The molecule has 1 heterocycles. The van der Waals surface area contributed by atoms with Crippen LogP contribution in [0.2, 0.25) is 0 Å². The van der Waals surface area contributed by atoms with Crippen LogP contribution in [0.1, 0.15) is 15.9 Å². The number of nitrogens with one attached hydrogen (secondary N) is 1. The van der Waals surface area contributed by atoms with Crippen LogP contribution in [0.3, 0.4) is 0 Å². The first-order chi connectivity index (χ1) is 12.4. The highest BCUT2D eigenvalue weighted by Gasteiger charge is 2.33. The molecule has 0 spiro atoms. The lowest BCUT2D eigenvalue weighted by Crippen LogP contribution is -2.45. The average molecular weight is 356 g/mol. The summed E-state index contributed by atoms with van der Waals surface area (Å²) in [5, 5.41) is 2.58. The third-order valence-corrected chi connectivity index (χ3v) is 4.05. The number of fused-ring (bicyclic) bond motifs is 1. The van der Waals surface area contributed by atoms with Crippen LogP contribution < -0.4 is 5.32 Å². The number of anilines is 1. The molecule has 2 aromatic carbocycles. The Morgan fingerprint density at radius 2 is 1.88 bits per heavy atom. The number of nitrogens with zero attached hydrogens (tertiary/aromatic N) is 1. The van der Waals surface area contributed by atoms with Crippen molar-refractivity contribution < 1.29 is 23.5 Å². The monoisotopic (exact) mass is 356 g/mol. The fourth-order valence-corrected chi connectivity index (χ4v) is 2.74. The fourth-order valence-electron chi connectivity index (χ4n) is 2.74. The van der Waals surface area contributed by atoms with Crippen molar-refractivity contribution in [2.24, 2.45) is 0 Å². The first-order valence-electron chi connectivity index (χ1n) is 8.03. The van der Waals surface area contributed by atoms with E-state index in [1.807, 2.05) is 0 Å². The maximum absolute atomic E-state index is 12.9. The zero-order chi connectivity index (χ0) is 18.7. The summed E-state index contributed by atoms with van der Waals surface area (Å²) in [5.74, 6) is -1.85. The molecule has 2 amide bonds. The number of amides is 2. The van der Waals surface area contributed by atoms with Gasteiger partial charge in [-0.25, -0.2) is 9.18 Å². The van der Waals surface area contributed by atoms with Crippen LogP contribution in [-0.4, -0.2) is 42.4 Å². The Balaban J connectivity index is 1.60. The summed E-state index contributed by atoms with van der Waals surface area (Å²) in [7, 11) is 1.46. The van der Waals surface area contributed by atoms with E-state index in [1.54, 1.807) is 24.3 Å². The molecule has 6 nitrogen and oxygen atoms in total. The summed E-state index contributed by atoms with van der Waals surface area (Å²) < 4.78 is 18.1. The number of likely N-dealkylation sites (N-methyl/N-ethyl adjacent to an activating group) is 1. The normalized spacial score (nSPS) is 15.6. The largest absolute Gasteiger partial charge is 0.448 e. The number of esters is 1. The van der Waals surface area contributed by atoms with E-state index < -0.39 is 29.7 Å². The van der Waals surface area contributed by atoms with Crippen LogP contribution in [-0.2, 0) is 20.7 Å². The fraction of sp³-hybridized carbons (Fsp3) is 0.211. The zero-order valence-corrected chi connectivity index (χ0v) is 14.1. The molecule has 7 heteroatoms. The molecule has 3 rings (SSSR count). The average Bonchev–Trinajstić information content (AvgIpc) is 2.63. The molecule has 26 heavy (non-hydrogen) atoms. The molecule has 0 saturated carbocycles. The van der Waals surface area contributed by atoms with E-state index in [4.69, 9.17) is 4.74 Å². The predicted octanol–water partition coefficient (Wildman–Crippen LogP) is 2.00. The number of carbonyl (C=O) groups excluding carboxylic acids is 3. The number of hydrogen-bond donors (Lipinski definition) is 1. The Morgan fingerprint density at radius 1 is 1.19 bits per heavy atom. The Hall–Kier alpha value is -3.22. The molecule has 0 bridgehead atoms. The van der Waals surface area contributed by atoms with E-state index in [0.717, 1.165) is 5.56 Å². The number of benzene rings is 2. The molecule has 1 aliphatic rings. The quantitative estimate of drug-likeness (QED) is 0.851. The van der Waals surface area contributed by atoms with Crippen LogP contribution >= 0.6 is 0 Å². The molecular formula is C19H17FN2O4. The molecule has 0 fully saturated rings. The number of hydrogen-bond acceptors (Lipinski definition) is 4. The van der Waals surface area contributed by atoms with Gasteiger partial charge in [-0.2, -0.15) is 0 Å². The van der Waals surface area contributed by atoms with Gasteiger partial charge < -0.3 is 15.0 Å². The van der Waals surface area contributed by atoms with Crippen molar-refractivity contribution in [3.63, 3.8) is 0 Å². The highest BCUT2D eigenvalue weighted by Crippen LogP contribution is 2.21. The number of cyclic esters (lactones) is 1. The maximum atomic E-state index is 12.9. The van der Waals surface area contributed by atoms with Gasteiger partial charge in [0.1, 0.15) is 5.82 Å². The molecule has 0 radical (unpaired) electrons. The Labute approximate surface area is 149 Å². The van der Waals surface area contributed by atoms with Gasteiger partial charge in [-0.05, 0) is 35.9 Å². The molecule has 0 unspecified atom stereocenters. The van der Waals surface area contributed by atoms with Crippen LogP contribution in [0.4, 0.5) is 10.1 Å². The second-order valence-electron chi connectivity index (χ2n) is 6.00. The summed E-state index contributed by atoms with van der Waals surface area (Å²) >= 11 is 0. The Bertz CT molecular complexity index is 851. The lowest BCUT2D eigenvalue weighted by atomic mass is 9.98. The van der Waals surface area contributed by atoms with Crippen LogP contribution in [0.15, 0.2) is 48.5 Å². The van der Waals surface area contributed by atoms with Gasteiger partial charge in [0, 0.05) is 19.2 Å². The number of ether oxygens (including phenoxy) is 1. The van der Waals surface area contributed by atoms with E-state index >= 15 is 0 Å². The van der Waals surface area contributed by atoms with E-state index in [2.05, 4.69) is 5.32 Å². The third kappa shape index (κ3) is 3.88. The van der Waals surface area contributed by atoms with Crippen molar-refractivity contribution in [2.45, 2.75) is 12.5 Å². The van der Waals surface area contributed by atoms with Gasteiger partial charge in [0.05, 0.1) is 12.1 Å². The summed E-state index contributed by atoms with van der Waals surface area (Å²) in [5.41, 5.74) is 1.62. The van der Waals surface area contributed by atoms with Crippen molar-refractivity contribution in [2.75, 3.05) is 18.9 Å². The highest BCUT2D eigenvalue weighted by molar-refractivity contribution is 5.98. The minimum atomic E-state index is -0.957. The Morgan fingerprint density at radius 3 is 2.62 bits per heavy atom. The van der Waals surface area contributed by atoms with Gasteiger partial charge in [0.2, 0.25) is 5.91 Å². The van der Waals surface area contributed by atoms with Crippen molar-refractivity contribution in [3.8, 4) is 0 Å². The van der Waals surface area contributed by atoms with E-state index in [0.29, 0.717) is 11.3 Å². The van der Waals surface area contributed by atoms with Crippen molar-refractivity contribution in [1.29, 1.82) is 0 Å². The van der Waals surface area contributed by atoms with Crippen molar-refractivity contribution in [3.05, 3.63) is 65.5 Å². The summed E-state index contributed by atoms with van der Waals surface area (Å²) in [6.45, 7) is -0.216. The van der Waals surface area contributed by atoms with Gasteiger partial charge in [0.25, 0.3) is 5.91 Å². The molecule has 134 valence electrons. The SMILES string of the molecule is CN(CC(=O)Nc1ccc(F)cc1)C(=O)[C@@H]1Cc2ccccc2C(=O)O1. The second kappa shape index (κ2) is 7.35. The van der Waals surface area contributed by atoms with Gasteiger partial charge in [-0.15, -0.1) is 0 Å². The first kappa shape index (κ1) is 17.6. The predicted molar refractivity (Wildman–Crippen MR) is 92.0 cm³/mol. The van der Waals surface area contributed by atoms with Crippen molar-refractivity contribution >= 4 is 23.5 Å². The molecular weight excluding hydrogens is 339 g/mol. The number of carbonyl (C=O) groups is 3.